The Bertz CT molecular complexity index is 3130. The van der Waals surface area contributed by atoms with E-state index in [0.717, 1.165) is 17.1 Å². The van der Waals surface area contributed by atoms with Crippen LogP contribution in [-0.4, -0.2) is 0 Å². The minimum atomic E-state index is -0.0524. The van der Waals surface area contributed by atoms with E-state index in [9.17, 15) is 0 Å². The monoisotopic (exact) mass is 719 g/mol. The van der Waals surface area contributed by atoms with Gasteiger partial charge in [-0.1, -0.05) is 153 Å². The Morgan fingerprint density at radius 1 is 0.382 bits per heavy atom. The number of benzene rings is 9. The van der Waals surface area contributed by atoms with Gasteiger partial charge in [0.05, 0.1) is 0 Å². The molecule has 10 aromatic rings. The Balaban J connectivity index is 1.07. The molecule has 2 heteroatoms. The molecule has 0 fully saturated rings. The van der Waals surface area contributed by atoms with Crippen LogP contribution in [0.3, 0.4) is 0 Å². The molecule has 1 aliphatic rings. The summed E-state index contributed by atoms with van der Waals surface area (Å²) in [6.07, 6.45) is 0. The van der Waals surface area contributed by atoms with Crippen LogP contribution >= 0.6 is 11.3 Å². The van der Waals surface area contributed by atoms with Gasteiger partial charge in [0.25, 0.3) is 0 Å². The predicted molar refractivity (Wildman–Crippen MR) is 237 cm³/mol. The molecule has 0 atom stereocenters. The van der Waals surface area contributed by atoms with E-state index < -0.39 is 0 Å². The van der Waals surface area contributed by atoms with E-state index in [1.54, 1.807) is 0 Å². The smallest absolute Gasteiger partial charge is 0.0468 e. The number of anilines is 3. The van der Waals surface area contributed by atoms with Gasteiger partial charge in [0.2, 0.25) is 0 Å². The zero-order valence-electron chi connectivity index (χ0n) is 30.8. The Kier molecular flexibility index (Phi) is 7.14. The van der Waals surface area contributed by atoms with Crippen LogP contribution in [0.5, 0.6) is 0 Å². The van der Waals surface area contributed by atoms with Gasteiger partial charge in [0, 0.05) is 42.6 Å². The first-order chi connectivity index (χ1) is 27.0. The molecule has 9 aromatic carbocycles. The third-order valence-electron chi connectivity index (χ3n) is 11.9. The first-order valence-electron chi connectivity index (χ1n) is 19.1. The normalized spacial score (nSPS) is 13.1. The van der Waals surface area contributed by atoms with Crippen molar-refractivity contribution in [1.82, 2.24) is 0 Å². The maximum Gasteiger partial charge on any atom is 0.0468 e. The van der Waals surface area contributed by atoms with Crippen LogP contribution in [-0.2, 0) is 5.41 Å². The molecular weight excluding hydrogens is 683 g/mol. The highest BCUT2D eigenvalue weighted by atomic mass is 32.1. The van der Waals surface area contributed by atoms with Crippen LogP contribution in [0.2, 0.25) is 0 Å². The van der Waals surface area contributed by atoms with Crippen molar-refractivity contribution in [2.75, 3.05) is 4.90 Å². The number of hydrogen-bond donors (Lipinski definition) is 0. The van der Waals surface area contributed by atoms with Gasteiger partial charge >= 0.3 is 0 Å². The molecule has 0 unspecified atom stereocenters. The molecule has 0 N–H and O–H groups in total. The van der Waals surface area contributed by atoms with E-state index in [1.807, 2.05) is 11.3 Å². The lowest BCUT2D eigenvalue weighted by atomic mass is 9.82. The third kappa shape index (κ3) is 4.99. The molecule has 11 rings (SSSR count). The Morgan fingerprint density at radius 3 is 1.95 bits per heavy atom. The summed E-state index contributed by atoms with van der Waals surface area (Å²) < 4.78 is 2.62. The molecule has 1 aliphatic carbocycles. The molecule has 260 valence electrons. The summed E-state index contributed by atoms with van der Waals surface area (Å²) >= 11 is 1.86. The van der Waals surface area contributed by atoms with Crippen molar-refractivity contribution in [3.63, 3.8) is 0 Å². The molecule has 55 heavy (non-hydrogen) atoms. The average Bonchev–Trinajstić information content (AvgIpc) is 3.72. The second-order valence-electron chi connectivity index (χ2n) is 15.3. The molecule has 1 nitrogen and oxygen atoms in total. The standard InChI is InChI=1S/C53H37NS/c1-53(2)48-21-7-5-17-46(48)52-42(19-11-22-49(52)53)36-13-9-14-38(32-36)54(39-29-31-51-47(33-39)45-16-6-8-23-50(45)55-51)37-27-24-35(25-28-37)41-18-10-20-43-40-15-4-3-12-34(40)26-30-44(41)43/h3-33H,1-2H3. The SMILES string of the molecule is CC1(C)c2ccccc2-c2c(-c3cccc(N(c4ccc(-c5cccc6c5ccc5ccccc56)cc4)c4ccc5sc6ccccc6c5c4)c3)cccc21. The summed E-state index contributed by atoms with van der Waals surface area (Å²) in [7, 11) is 0. The molecular formula is C53H37NS. The fourth-order valence-electron chi connectivity index (χ4n) is 9.19. The van der Waals surface area contributed by atoms with Crippen LogP contribution in [0.15, 0.2) is 188 Å². The summed E-state index contributed by atoms with van der Waals surface area (Å²) in [4.78, 5) is 2.43. The van der Waals surface area contributed by atoms with E-state index in [4.69, 9.17) is 0 Å². The lowest BCUT2D eigenvalue weighted by Gasteiger charge is -2.27. The van der Waals surface area contributed by atoms with Crippen molar-refractivity contribution in [3.8, 4) is 33.4 Å². The highest BCUT2D eigenvalue weighted by Gasteiger charge is 2.36. The largest absolute Gasteiger partial charge is 0.310 e. The first-order valence-corrected chi connectivity index (χ1v) is 19.9. The van der Waals surface area contributed by atoms with E-state index in [1.165, 1.54) is 86.2 Å². The maximum atomic E-state index is 2.43. The number of nitrogens with zero attached hydrogens (tertiary/aromatic N) is 1. The first kappa shape index (κ1) is 32.0. The maximum absolute atomic E-state index is 2.43. The van der Waals surface area contributed by atoms with Crippen molar-refractivity contribution in [1.29, 1.82) is 0 Å². The fourth-order valence-corrected chi connectivity index (χ4v) is 10.3. The minimum absolute atomic E-state index is 0.0524. The Hall–Kier alpha value is -6.48. The van der Waals surface area contributed by atoms with Crippen LogP contribution < -0.4 is 4.90 Å². The average molecular weight is 720 g/mol. The van der Waals surface area contributed by atoms with Crippen molar-refractivity contribution < 1.29 is 0 Å². The van der Waals surface area contributed by atoms with Gasteiger partial charge in [-0.2, -0.15) is 0 Å². The van der Waals surface area contributed by atoms with Crippen molar-refractivity contribution in [2.24, 2.45) is 0 Å². The number of hydrogen-bond acceptors (Lipinski definition) is 2. The van der Waals surface area contributed by atoms with Crippen LogP contribution in [0.1, 0.15) is 25.0 Å². The molecule has 0 amide bonds. The van der Waals surface area contributed by atoms with E-state index in [-0.39, 0.29) is 5.41 Å². The Morgan fingerprint density at radius 2 is 1.04 bits per heavy atom. The van der Waals surface area contributed by atoms with Crippen LogP contribution in [0.25, 0.3) is 75.1 Å². The van der Waals surface area contributed by atoms with Crippen LogP contribution in [0, 0.1) is 0 Å². The number of thiophene rings is 1. The van der Waals surface area contributed by atoms with Gasteiger partial charge in [-0.3, -0.25) is 0 Å². The van der Waals surface area contributed by atoms with Gasteiger partial charge < -0.3 is 4.90 Å². The summed E-state index contributed by atoms with van der Waals surface area (Å²) in [5.41, 5.74) is 13.8. The lowest BCUT2D eigenvalue weighted by molar-refractivity contribution is 0.660. The molecule has 0 radical (unpaired) electrons. The zero-order valence-corrected chi connectivity index (χ0v) is 31.6. The van der Waals surface area contributed by atoms with Crippen molar-refractivity contribution in [2.45, 2.75) is 19.3 Å². The topological polar surface area (TPSA) is 3.24 Å². The zero-order chi connectivity index (χ0) is 36.7. The molecule has 0 bridgehead atoms. The van der Waals surface area contributed by atoms with Gasteiger partial charge in [-0.15, -0.1) is 11.3 Å². The molecule has 1 heterocycles. The van der Waals surface area contributed by atoms with Crippen molar-refractivity contribution >= 4 is 70.1 Å². The summed E-state index contributed by atoms with van der Waals surface area (Å²) in [6.45, 7) is 4.71. The fraction of sp³-hybridized carbons (Fsp3) is 0.0566. The van der Waals surface area contributed by atoms with Gasteiger partial charge in [-0.05, 0) is 115 Å². The number of fused-ring (bicyclic) bond motifs is 9. The van der Waals surface area contributed by atoms with Gasteiger partial charge in [-0.25, -0.2) is 0 Å². The van der Waals surface area contributed by atoms with E-state index in [2.05, 4.69) is 207 Å². The molecule has 1 aromatic heterocycles. The second kappa shape index (κ2) is 12.3. The Labute approximate surface area is 325 Å². The van der Waals surface area contributed by atoms with E-state index in [0.29, 0.717) is 0 Å². The molecule has 0 spiro atoms. The van der Waals surface area contributed by atoms with E-state index >= 15 is 0 Å². The summed E-state index contributed by atoms with van der Waals surface area (Å²) in [5.74, 6) is 0. The molecule has 0 saturated carbocycles. The predicted octanol–water partition coefficient (Wildman–Crippen LogP) is 15.5. The minimum Gasteiger partial charge on any atom is -0.310 e. The van der Waals surface area contributed by atoms with Crippen molar-refractivity contribution in [3.05, 3.63) is 199 Å². The van der Waals surface area contributed by atoms with Gasteiger partial charge in [0.1, 0.15) is 0 Å². The second-order valence-corrected chi connectivity index (χ2v) is 16.4. The quantitative estimate of drug-likeness (QED) is 0.160. The van der Waals surface area contributed by atoms with Gasteiger partial charge in [0.15, 0.2) is 0 Å². The highest BCUT2D eigenvalue weighted by Crippen LogP contribution is 2.52. The number of rotatable bonds is 5. The molecule has 0 aliphatic heterocycles. The molecule has 0 saturated heterocycles. The highest BCUT2D eigenvalue weighted by molar-refractivity contribution is 7.25. The summed E-state index contributed by atoms with van der Waals surface area (Å²) in [6, 6.07) is 69.7. The van der Waals surface area contributed by atoms with Crippen LogP contribution in [0.4, 0.5) is 17.1 Å². The lowest BCUT2D eigenvalue weighted by Crippen LogP contribution is -2.14. The third-order valence-corrected chi connectivity index (χ3v) is 13.0. The summed E-state index contributed by atoms with van der Waals surface area (Å²) in [5, 5.41) is 7.71.